The van der Waals surface area contributed by atoms with Crippen molar-refractivity contribution in [2.24, 2.45) is 0 Å². The number of fused-ring (bicyclic) bond motifs is 2. The number of halogens is 1. The number of carbonyl (C=O) groups is 1. The van der Waals surface area contributed by atoms with E-state index >= 15 is 0 Å². The van der Waals surface area contributed by atoms with Crippen LogP contribution in [0.25, 0.3) is 0 Å². The molecule has 106 valence electrons. The van der Waals surface area contributed by atoms with Crippen molar-refractivity contribution >= 4 is 21.7 Å². The highest BCUT2D eigenvalue weighted by Gasteiger charge is 2.39. The maximum Gasteiger partial charge on any atom is 0.203 e. The van der Waals surface area contributed by atoms with Gasteiger partial charge in [-0.05, 0) is 32.0 Å². The van der Waals surface area contributed by atoms with Crippen LogP contribution in [-0.2, 0) is 9.47 Å². The highest BCUT2D eigenvalue weighted by atomic mass is 79.9. The predicted molar refractivity (Wildman–Crippen MR) is 76.7 cm³/mol. The molecule has 2 aliphatic rings. The summed E-state index contributed by atoms with van der Waals surface area (Å²) in [5, 5.41) is 0. The van der Waals surface area contributed by atoms with Gasteiger partial charge in [-0.3, -0.25) is 4.79 Å². The van der Waals surface area contributed by atoms with Gasteiger partial charge in [0.15, 0.2) is 5.78 Å². The van der Waals surface area contributed by atoms with Gasteiger partial charge in [-0.25, -0.2) is 0 Å². The first-order chi connectivity index (χ1) is 9.60. The zero-order valence-corrected chi connectivity index (χ0v) is 12.9. The molecule has 0 aliphatic carbocycles. The molecule has 0 bridgehead atoms. The second-order valence-electron chi connectivity index (χ2n) is 4.78. The number of hydrogen-bond acceptors (Lipinski definition) is 4. The second-order valence-corrected chi connectivity index (χ2v) is 5.70. The lowest BCUT2D eigenvalue weighted by Crippen LogP contribution is -2.39. The van der Waals surface area contributed by atoms with Gasteiger partial charge in [-0.15, -0.1) is 0 Å². The highest BCUT2D eigenvalue weighted by molar-refractivity contribution is 9.10. The van der Waals surface area contributed by atoms with Gasteiger partial charge in [0.05, 0.1) is 17.6 Å². The molecule has 1 aromatic rings. The Bertz CT molecular complexity index is 594. The van der Waals surface area contributed by atoms with E-state index in [1.165, 1.54) is 0 Å². The first-order valence-corrected chi connectivity index (χ1v) is 7.39. The molecule has 1 aromatic carbocycles. The topological polar surface area (TPSA) is 44.8 Å². The van der Waals surface area contributed by atoms with Crippen LogP contribution in [0.4, 0.5) is 0 Å². The molecule has 0 aromatic heterocycles. The molecule has 0 saturated heterocycles. The molecule has 0 spiro atoms. The summed E-state index contributed by atoms with van der Waals surface area (Å²) in [5.74, 6) is 1.19. The lowest BCUT2D eigenvalue weighted by molar-refractivity contribution is -0.137. The van der Waals surface area contributed by atoms with Crippen molar-refractivity contribution in [2.75, 3.05) is 6.61 Å². The molecule has 2 heterocycles. The van der Waals surface area contributed by atoms with Crippen LogP contribution in [-0.4, -0.2) is 24.8 Å². The lowest BCUT2D eigenvalue weighted by atomic mass is 9.91. The van der Waals surface area contributed by atoms with Gasteiger partial charge >= 0.3 is 0 Å². The number of hydrogen-bond donors (Lipinski definition) is 0. The van der Waals surface area contributed by atoms with E-state index in [0.29, 0.717) is 35.7 Å². The number of ether oxygens (including phenoxy) is 3. The number of allylic oxidation sites excluding steroid dienone is 1. The van der Waals surface area contributed by atoms with Gasteiger partial charge in [0.2, 0.25) is 6.29 Å². The minimum Gasteiger partial charge on any atom is -0.484 e. The van der Waals surface area contributed by atoms with E-state index in [-0.39, 0.29) is 18.2 Å². The summed E-state index contributed by atoms with van der Waals surface area (Å²) >= 11 is 3.38. The maximum absolute atomic E-state index is 12.6. The monoisotopic (exact) mass is 338 g/mol. The van der Waals surface area contributed by atoms with E-state index in [4.69, 9.17) is 14.2 Å². The van der Waals surface area contributed by atoms with Gasteiger partial charge in [0.1, 0.15) is 17.6 Å². The molecule has 5 heteroatoms. The molecule has 0 saturated carbocycles. The van der Waals surface area contributed by atoms with E-state index in [1.807, 2.05) is 19.1 Å². The molecule has 0 unspecified atom stereocenters. The van der Waals surface area contributed by atoms with Crippen molar-refractivity contribution in [1.82, 2.24) is 0 Å². The number of Topliss-reactive ketones (excluding diaryl/α,β-unsaturated/α-hetero) is 1. The summed E-state index contributed by atoms with van der Waals surface area (Å²) in [4.78, 5) is 12.6. The first-order valence-electron chi connectivity index (χ1n) is 6.60. The third kappa shape index (κ3) is 2.25. The van der Waals surface area contributed by atoms with Crippen LogP contribution < -0.4 is 4.74 Å². The minimum atomic E-state index is -0.349. The lowest BCUT2D eigenvalue weighted by Gasteiger charge is -2.35. The minimum absolute atomic E-state index is 0.0231. The van der Waals surface area contributed by atoms with Crippen molar-refractivity contribution in [3.63, 3.8) is 0 Å². The Hall–Kier alpha value is -1.33. The van der Waals surface area contributed by atoms with Gasteiger partial charge in [0.25, 0.3) is 0 Å². The van der Waals surface area contributed by atoms with Gasteiger partial charge in [-0.1, -0.05) is 15.9 Å². The van der Waals surface area contributed by atoms with Crippen molar-refractivity contribution in [2.45, 2.75) is 32.7 Å². The summed E-state index contributed by atoms with van der Waals surface area (Å²) in [6, 6.07) is 5.46. The third-order valence-electron chi connectivity index (χ3n) is 3.47. The Morgan fingerprint density at radius 2 is 2.20 bits per heavy atom. The van der Waals surface area contributed by atoms with Crippen molar-refractivity contribution in [1.29, 1.82) is 0 Å². The number of rotatable bonds is 2. The van der Waals surface area contributed by atoms with Gasteiger partial charge in [0, 0.05) is 11.1 Å². The standard InChI is InChI=1S/C15H15BrO4/c1-3-18-13-7-12-14(8(2)19-13)15(17)10-6-9(16)4-5-11(10)20-12/h4-6,12-13H,3,7H2,1-2H3/t12-,13-/m1/s1. The highest BCUT2D eigenvalue weighted by Crippen LogP contribution is 2.38. The zero-order chi connectivity index (χ0) is 14.3. The fourth-order valence-corrected chi connectivity index (χ4v) is 2.97. The van der Waals surface area contributed by atoms with Crippen molar-refractivity contribution < 1.29 is 19.0 Å². The summed E-state index contributed by atoms with van der Waals surface area (Å²) in [6.45, 7) is 4.27. The molecule has 3 rings (SSSR count). The number of ketones is 1. The Balaban J connectivity index is 2.00. The molecule has 20 heavy (non-hydrogen) atoms. The van der Waals surface area contributed by atoms with Crippen LogP contribution in [0, 0.1) is 0 Å². The van der Waals surface area contributed by atoms with Crippen LogP contribution in [0.2, 0.25) is 0 Å². The molecule has 0 radical (unpaired) electrons. The van der Waals surface area contributed by atoms with Crippen LogP contribution >= 0.6 is 15.9 Å². The van der Waals surface area contributed by atoms with Crippen molar-refractivity contribution in [3.8, 4) is 5.75 Å². The Labute approximate surface area is 125 Å². The Morgan fingerprint density at radius 1 is 1.40 bits per heavy atom. The summed E-state index contributed by atoms with van der Waals surface area (Å²) in [6.07, 6.45) is -0.109. The molecule has 0 amide bonds. The fraction of sp³-hybridized carbons (Fsp3) is 0.400. The van der Waals surface area contributed by atoms with Crippen molar-refractivity contribution in [3.05, 3.63) is 39.6 Å². The Kier molecular flexibility index (Phi) is 3.56. The van der Waals surface area contributed by atoms with Crippen LogP contribution in [0.5, 0.6) is 5.75 Å². The van der Waals surface area contributed by atoms with Crippen LogP contribution in [0.1, 0.15) is 30.6 Å². The van der Waals surface area contributed by atoms with E-state index < -0.39 is 0 Å². The largest absolute Gasteiger partial charge is 0.484 e. The Morgan fingerprint density at radius 3 is 2.95 bits per heavy atom. The smallest absolute Gasteiger partial charge is 0.203 e. The number of benzene rings is 1. The number of carbonyl (C=O) groups excluding carboxylic acids is 1. The predicted octanol–water partition coefficient (Wildman–Crippen LogP) is 3.45. The second kappa shape index (κ2) is 5.22. The molecule has 2 atom stereocenters. The third-order valence-corrected chi connectivity index (χ3v) is 3.96. The summed E-state index contributed by atoms with van der Waals surface area (Å²) in [5.41, 5.74) is 1.18. The normalized spacial score (nSPS) is 24.6. The quantitative estimate of drug-likeness (QED) is 0.828. The van der Waals surface area contributed by atoms with Crippen LogP contribution in [0.15, 0.2) is 34.0 Å². The molecule has 2 aliphatic heterocycles. The summed E-state index contributed by atoms with van der Waals surface area (Å²) < 4.78 is 18.0. The van der Waals surface area contributed by atoms with E-state index in [2.05, 4.69) is 15.9 Å². The molecular weight excluding hydrogens is 324 g/mol. The van der Waals surface area contributed by atoms with Gasteiger partial charge < -0.3 is 14.2 Å². The fourth-order valence-electron chi connectivity index (χ4n) is 2.61. The SMILES string of the molecule is CCO[C@H]1C[C@H]2Oc3ccc(Br)cc3C(=O)C2=C(C)O1. The zero-order valence-electron chi connectivity index (χ0n) is 11.3. The van der Waals surface area contributed by atoms with E-state index in [1.54, 1.807) is 13.0 Å². The maximum atomic E-state index is 12.6. The molecule has 4 nitrogen and oxygen atoms in total. The van der Waals surface area contributed by atoms with Crippen LogP contribution in [0.3, 0.4) is 0 Å². The summed E-state index contributed by atoms with van der Waals surface area (Å²) in [7, 11) is 0. The van der Waals surface area contributed by atoms with Gasteiger partial charge in [-0.2, -0.15) is 0 Å². The van der Waals surface area contributed by atoms with E-state index in [0.717, 1.165) is 4.47 Å². The molecule has 0 fully saturated rings. The average Bonchev–Trinajstić information content (AvgIpc) is 2.40. The van der Waals surface area contributed by atoms with E-state index in [9.17, 15) is 4.79 Å². The molecule has 0 N–H and O–H groups in total. The molecular formula is C15H15BrO4. The first kappa shape index (κ1) is 13.6. The average molecular weight is 339 g/mol.